The number of carbonyl (C=O) groups is 1. The van der Waals surface area contributed by atoms with Crippen molar-refractivity contribution in [1.29, 1.82) is 0 Å². The summed E-state index contributed by atoms with van der Waals surface area (Å²) in [6.07, 6.45) is -2.86. The van der Waals surface area contributed by atoms with Crippen LogP contribution in [0.15, 0.2) is 12.1 Å². The van der Waals surface area contributed by atoms with E-state index in [9.17, 15) is 23.1 Å². The van der Waals surface area contributed by atoms with Gasteiger partial charge in [0, 0.05) is 7.05 Å². The molecule has 106 valence electrons. The van der Waals surface area contributed by atoms with Crippen LogP contribution >= 0.6 is 0 Å². The molecule has 0 atom stereocenters. The van der Waals surface area contributed by atoms with Crippen molar-refractivity contribution in [2.75, 3.05) is 0 Å². The number of rotatable bonds is 2. The molecular formula is C13H10F3N2NaO2. The predicted molar refractivity (Wildman–Crippen MR) is 62.0 cm³/mol. The summed E-state index contributed by atoms with van der Waals surface area (Å²) in [5.41, 5.74) is -0.484. The van der Waals surface area contributed by atoms with Crippen LogP contribution in [0.4, 0.5) is 13.2 Å². The largest absolute Gasteiger partial charge is 1.00 e. The number of fused-ring (bicyclic) bond motifs is 1. The number of carbonyl (C=O) groups excluding carboxylic acids is 1. The molecule has 1 aliphatic carbocycles. The smallest absolute Gasteiger partial charge is 0.542 e. The molecule has 2 aromatic rings. The van der Waals surface area contributed by atoms with Crippen molar-refractivity contribution >= 4 is 17.0 Å². The number of carboxylic acid groups (broad SMARTS) is 1. The van der Waals surface area contributed by atoms with E-state index < -0.39 is 23.5 Å². The van der Waals surface area contributed by atoms with Gasteiger partial charge in [-0.05, 0) is 36.5 Å². The third-order valence-corrected chi connectivity index (χ3v) is 3.55. The molecule has 1 aliphatic rings. The van der Waals surface area contributed by atoms with Gasteiger partial charge in [0.2, 0.25) is 0 Å². The predicted octanol–water partition coefficient (Wildman–Crippen LogP) is -1.16. The molecule has 3 rings (SSSR count). The fraction of sp³-hybridized carbons (Fsp3) is 0.385. The van der Waals surface area contributed by atoms with E-state index in [4.69, 9.17) is 0 Å². The fourth-order valence-corrected chi connectivity index (χ4v) is 2.36. The molecule has 1 saturated carbocycles. The normalized spacial score (nSPS) is 15.0. The number of alkyl halides is 3. The Balaban J connectivity index is 0.00000161. The fourth-order valence-electron chi connectivity index (χ4n) is 2.36. The van der Waals surface area contributed by atoms with Crippen LogP contribution in [0, 0.1) is 0 Å². The van der Waals surface area contributed by atoms with Gasteiger partial charge in [-0.25, -0.2) is 4.98 Å². The molecule has 0 bridgehead atoms. The Hall–Kier alpha value is -1.05. The van der Waals surface area contributed by atoms with Crippen molar-refractivity contribution in [1.82, 2.24) is 9.55 Å². The summed E-state index contributed by atoms with van der Waals surface area (Å²) in [5.74, 6) is -1.97. The number of aryl methyl sites for hydroxylation is 1. The molecule has 0 aliphatic heterocycles. The maximum Gasteiger partial charge on any atom is 1.00 e. The van der Waals surface area contributed by atoms with Crippen LogP contribution in [0.25, 0.3) is 11.0 Å². The third kappa shape index (κ3) is 2.82. The van der Waals surface area contributed by atoms with Gasteiger partial charge in [0.15, 0.2) is 5.82 Å². The quantitative estimate of drug-likeness (QED) is 0.658. The molecular weight excluding hydrogens is 296 g/mol. The van der Waals surface area contributed by atoms with Crippen LogP contribution < -0.4 is 34.7 Å². The first-order valence-electron chi connectivity index (χ1n) is 6.08. The maximum absolute atomic E-state index is 13.1. The maximum atomic E-state index is 13.1. The molecule has 0 radical (unpaired) electrons. The summed E-state index contributed by atoms with van der Waals surface area (Å²) in [7, 11) is 1.37. The Labute approximate surface area is 140 Å². The molecule has 4 nitrogen and oxygen atoms in total. The number of aromatic carboxylic acids is 1. The zero-order valence-electron chi connectivity index (χ0n) is 11.5. The summed E-state index contributed by atoms with van der Waals surface area (Å²) in [5, 5.41) is 10.9. The van der Waals surface area contributed by atoms with E-state index in [1.165, 1.54) is 7.05 Å². The van der Waals surface area contributed by atoms with E-state index in [-0.39, 0.29) is 46.5 Å². The molecule has 1 aromatic heterocycles. The number of nitrogens with zero attached hydrogens (tertiary/aromatic N) is 2. The first-order valence-corrected chi connectivity index (χ1v) is 6.08. The van der Waals surface area contributed by atoms with Crippen molar-refractivity contribution in [3.05, 3.63) is 29.1 Å². The zero-order valence-corrected chi connectivity index (χ0v) is 13.5. The van der Waals surface area contributed by atoms with Crippen LogP contribution in [0.2, 0.25) is 0 Å². The SMILES string of the molecule is Cn1c(C(=O)[O-])nc2c(C(F)(F)F)cc(C3CC3)cc21.[Na+]. The first-order chi connectivity index (χ1) is 9.29. The van der Waals surface area contributed by atoms with Crippen LogP contribution in [0.5, 0.6) is 0 Å². The van der Waals surface area contributed by atoms with Gasteiger partial charge in [0.25, 0.3) is 0 Å². The number of hydrogen-bond acceptors (Lipinski definition) is 3. The van der Waals surface area contributed by atoms with Gasteiger partial charge in [0.1, 0.15) is 11.5 Å². The molecule has 1 fully saturated rings. The Bertz CT molecular complexity index is 720. The summed E-state index contributed by atoms with van der Waals surface area (Å²) in [4.78, 5) is 14.5. The number of halogens is 3. The molecule has 0 spiro atoms. The molecule has 0 unspecified atom stereocenters. The van der Waals surface area contributed by atoms with Gasteiger partial charge in [-0.3, -0.25) is 0 Å². The molecule has 0 saturated heterocycles. The third-order valence-electron chi connectivity index (χ3n) is 3.55. The van der Waals surface area contributed by atoms with E-state index >= 15 is 0 Å². The Morgan fingerprint density at radius 2 is 2.00 bits per heavy atom. The monoisotopic (exact) mass is 306 g/mol. The van der Waals surface area contributed by atoms with Crippen molar-refractivity contribution < 1.29 is 52.6 Å². The number of benzene rings is 1. The van der Waals surface area contributed by atoms with Crippen LogP contribution in [-0.2, 0) is 13.2 Å². The van der Waals surface area contributed by atoms with Crippen LogP contribution in [-0.4, -0.2) is 15.5 Å². The average molecular weight is 306 g/mol. The molecule has 8 heteroatoms. The zero-order chi connectivity index (χ0) is 14.7. The minimum absolute atomic E-state index is 0. The minimum Gasteiger partial charge on any atom is -0.542 e. The summed E-state index contributed by atoms with van der Waals surface area (Å²) in [6, 6.07) is 2.66. The van der Waals surface area contributed by atoms with E-state index in [0.717, 1.165) is 23.5 Å². The van der Waals surface area contributed by atoms with Gasteiger partial charge >= 0.3 is 35.7 Å². The standard InChI is InChI=1S/C13H11F3N2O2.Na/c1-18-9-5-7(6-2-3-6)4-8(13(14,15)16)10(9)17-11(18)12(19)20;/h4-6H,2-3H2,1H3,(H,19,20);/q;+1/p-1. The van der Waals surface area contributed by atoms with E-state index in [2.05, 4.69) is 4.98 Å². The Morgan fingerprint density at radius 1 is 1.38 bits per heavy atom. The van der Waals surface area contributed by atoms with Crippen LogP contribution in [0.1, 0.15) is 40.5 Å². The molecule has 1 aromatic carbocycles. The second-order valence-corrected chi connectivity index (χ2v) is 4.99. The topological polar surface area (TPSA) is 58.0 Å². The van der Waals surface area contributed by atoms with Crippen molar-refractivity contribution in [2.24, 2.45) is 7.05 Å². The average Bonchev–Trinajstić information content (AvgIpc) is 3.12. The van der Waals surface area contributed by atoms with Gasteiger partial charge < -0.3 is 14.5 Å². The van der Waals surface area contributed by atoms with E-state index in [0.29, 0.717) is 5.56 Å². The number of carboxylic acids is 1. The van der Waals surface area contributed by atoms with Gasteiger partial charge in [-0.15, -0.1) is 0 Å². The second kappa shape index (κ2) is 5.30. The van der Waals surface area contributed by atoms with Crippen molar-refractivity contribution in [2.45, 2.75) is 24.9 Å². The second-order valence-electron chi connectivity index (χ2n) is 4.99. The van der Waals surface area contributed by atoms with Gasteiger partial charge in [0.05, 0.1) is 11.1 Å². The minimum atomic E-state index is -4.57. The molecule has 1 heterocycles. The summed E-state index contributed by atoms with van der Waals surface area (Å²) < 4.78 is 40.5. The number of hydrogen-bond donors (Lipinski definition) is 0. The number of imidazole rings is 1. The van der Waals surface area contributed by atoms with E-state index in [1.54, 1.807) is 6.07 Å². The van der Waals surface area contributed by atoms with E-state index in [1.807, 2.05) is 0 Å². The van der Waals surface area contributed by atoms with Crippen molar-refractivity contribution in [3.8, 4) is 0 Å². The number of aromatic nitrogens is 2. The van der Waals surface area contributed by atoms with Gasteiger partial charge in [-0.2, -0.15) is 13.2 Å². The first kappa shape index (κ1) is 16.3. The molecule has 21 heavy (non-hydrogen) atoms. The Morgan fingerprint density at radius 3 is 2.48 bits per heavy atom. The summed E-state index contributed by atoms with van der Waals surface area (Å²) in [6.45, 7) is 0. The Kier molecular flexibility index (Phi) is 4.12. The van der Waals surface area contributed by atoms with Crippen LogP contribution in [0.3, 0.4) is 0 Å². The molecule has 0 N–H and O–H groups in total. The molecule has 0 amide bonds. The van der Waals surface area contributed by atoms with Gasteiger partial charge in [-0.1, -0.05) is 0 Å². The summed E-state index contributed by atoms with van der Waals surface area (Å²) >= 11 is 0. The van der Waals surface area contributed by atoms with Crippen molar-refractivity contribution in [3.63, 3.8) is 0 Å².